The van der Waals surface area contributed by atoms with Gasteiger partial charge in [-0.2, -0.15) is 0 Å². The highest BCUT2D eigenvalue weighted by Gasteiger charge is 2.29. The lowest BCUT2D eigenvalue weighted by molar-refractivity contribution is -0.137. The van der Waals surface area contributed by atoms with Gasteiger partial charge in [0.1, 0.15) is 6.61 Å². The van der Waals surface area contributed by atoms with Crippen molar-refractivity contribution < 1.29 is 24.2 Å². The average Bonchev–Trinajstić information content (AvgIpc) is 3.16. The van der Waals surface area contributed by atoms with E-state index < -0.39 is 12.1 Å². The molecule has 0 aromatic heterocycles. The molecular weight excluding hydrogens is 432 g/mol. The van der Waals surface area contributed by atoms with Crippen molar-refractivity contribution in [2.45, 2.75) is 45.4 Å². The van der Waals surface area contributed by atoms with Crippen LogP contribution < -0.4 is 5.32 Å². The molecule has 0 spiro atoms. The number of alkyl carbamates (subject to hydrolysis) is 1. The molecular formula is C27H34N2O5. The molecule has 3 rings (SSSR count). The second-order valence-corrected chi connectivity index (χ2v) is 8.71. The van der Waals surface area contributed by atoms with Crippen molar-refractivity contribution in [1.29, 1.82) is 0 Å². The first-order valence-corrected chi connectivity index (χ1v) is 12.0. The number of carboxylic acid groups (broad SMARTS) is 1. The topological polar surface area (TPSA) is 95.9 Å². The maximum Gasteiger partial charge on any atom is 0.407 e. The first-order valence-electron chi connectivity index (χ1n) is 12.0. The van der Waals surface area contributed by atoms with Crippen LogP contribution in [0.2, 0.25) is 0 Å². The number of nitrogens with zero attached hydrogens (tertiary/aromatic N) is 1. The fourth-order valence-corrected chi connectivity index (χ4v) is 4.48. The number of ether oxygens (including phenoxy) is 1. The first-order chi connectivity index (χ1) is 16.4. The first kappa shape index (κ1) is 25.3. The molecule has 0 fully saturated rings. The zero-order valence-electron chi connectivity index (χ0n) is 20.0. The Kier molecular flexibility index (Phi) is 9.08. The minimum atomic E-state index is -0.818. The second kappa shape index (κ2) is 12.2. The summed E-state index contributed by atoms with van der Waals surface area (Å²) in [6.07, 6.45) is 1.36. The van der Waals surface area contributed by atoms with Crippen molar-refractivity contribution in [1.82, 2.24) is 10.2 Å². The second-order valence-electron chi connectivity index (χ2n) is 8.71. The molecule has 2 N–H and O–H groups in total. The van der Waals surface area contributed by atoms with Crippen LogP contribution in [0.3, 0.4) is 0 Å². The molecule has 1 unspecified atom stereocenters. The Morgan fingerprint density at radius 2 is 1.65 bits per heavy atom. The van der Waals surface area contributed by atoms with E-state index in [4.69, 9.17) is 9.84 Å². The largest absolute Gasteiger partial charge is 0.481 e. The standard InChI is InChI=1S/C27H34N2O5/c1-3-29(17-9-8-14-25(30)31)26(32)19(2)15-16-28-27(33)34-18-24-22-12-6-4-10-20(22)21-11-5-7-13-23(21)24/h4-7,10-13,19,24H,3,8-9,14-18H2,1-2H3,(H,28,33)(H,30,31). The Morgan fingerprint density at radius 3 is 2.24 bits per heavy atom. The lowest BCUT2D eigenvalue weighted by Gasteiger charge is -2.24. The lowest BCUT2D eigenvalue weighted by atomic mass is 9.98. The van der Waals surface area contributed by atoms with Crippen LogP contribution in [-0.4, -0.2) is 54.2 Å². The molecule has 2 aromatic carbocycles. The number of unbranched alkanes of at least 4 members (excludes halogenated alkanes) is 1. The fourth-order valence-electron chi connectivity index (χ4n) is 4.48. The van der Waals surface area contributed by atoms with Crippen LogP contribution in [0, 0.1) is 5.92 Å². The molecule has 2 amide bonds. The quantitative estimate of drug-likeness (QED) is 0.444. The van der Waals surface area contributed by atoms with E-state index in [1.165, 1.54) is 22.3 Å². The predicted molar refractivity (Wildman–Crippen MR) is 131 cm³/mol. The molecule has 7 heteroatoms. The van der Waals surface area contributed by atoms with Gasteiger partial charge < -0.3 is 20.1 Å². The zero-order valence-corrected chi connectivity index (χ0v) is 20.0. The summed E-state index contributed by atoms with van der Waals surface area (Å²) >= 11 is 0. The van der Waals surface area contributed by atoms with Gasteiger partial charge in [0, 0.05) is 37.9 Å². The minimum Gasteiger partial charge on any atom is -0.481 e. The minimum absolute atomic E-state index is 0.0119. The number of rotatable bonds is 12. The highest BCUT2D eigenvalue weighted by molar-refractivity contribution is 5.79. The maximum atomic E-state index is 12.7. The molecule has 1 aliphatic rings. The third-order valence-corrected chi connectivity index (χ3v) is 6.37. The summed E-state index contributed by atoms with van der Waals surface area (Å²) in [5.74, 6) is -1.03. The van der Waals surface area contributed by atoms with Gasteiger partial charge in [-0.3, -0.25) is 9.59 Å². The number of hydrogen-bond acceptors (Lipinski definition) is 4. The van der Waals surface area contributed by atoms with Crippen molar-refractivity contribution in [3.05, 3.63) is 59.7 Å². The Balaban J connectivity index is 1.42. The Labute approximate surface area is 201 Å². The number of benzene rings is 2. The molecule has 0 saturated carbocycles. The van der Waals surface area contributed by atoms with E-state index in [-0.39, 0.29) is 30.8 Å². The fraction of sp³-hybridized carbons (Fsp3) is 0.444. The maximum absolute atomic E-state index is 12.7. The molecule has 1 atom stereocenters. The summed E-state index contributed by atoms with van der Waals surface area (Å²) in [7, 11) is 0. The van der Waals surface area contributed by atoms with E-state index in [1.807, 2.05) is 38.1 Å². The van der Waals surface area contributed by atoms with E-state index in [1.54, 1.807) is 4.90 Å². The predicted octanol–water partition coefficient (Wildman–Crippen LogP) is 4.65. The summed E-state index contributed by atoms with van der Waals surface area (Å²) < 4.78 is 5.54. The third kappa shape index (κ3) is 6.37. The van der Waals surface area contributed by atoms with E-state index in [2.05, 4.69) is 29.6 Å². The van der Waals surface area contributed by atoms with Crippen molar-refractivity contribution >= 4 is 18.0 Å². The number of nitrogens with one attached hydrogen (secondary N) is 1. The number of hydrogen-bond donors (Lipinski definition) is 2. The third-order valence-electron chi connectivity index (χ3n) is 6.37. The highest BCUT2D eigenvalue weighted by Crippen LogP contribution is 2.44. The molecule has 0 saturated heterocycles. The lowest BCUT2D eigenvalue weighted by Crippen LogP contribution is -2.37. The monoisotopic (exact) mass is 466 g/mol. The summed E-state index contributed by atoms with van der Waals surface area (Å²) in [6.45, 7) is 5.50. The van der Waals surface area contributed by atoms with Crippen LogP contribution in [0.4, 0.5) is 4.79 Å². The number of aliphatic carboxylic acids is 1. The van der Waals surface area contributed by atoms with E-state index >= 15 is 0 Å². The number of carbonyl (C=O) groups excluding carboxylic acids is 2. The smallest absolute Gasteiger partial charge is 0.407 e. The van der Waals surface area contributed by atoms with Gasteiger partial charge in [0.25, 0.3) is 0 Å². The molecule has 0 bridgehead atoms. The summed E-state index contributed by atoms with van der Waals surface area (Å²) in [6, 6.07) is 16.4. The van der Waals surface area contributed by atoms with Gasteiger partial charge >= 0.3 is 12.1 Å². The highest BCUT2D eigenvalue weighted by atomic mass is 16.5. The van der Waals surface area contributed by atoms with Crippen LogP contribution in [0.1, 0.15) is 56.6 Å². The van der Waals surface area contributed by atoms with E-state index in [0.29, 0.717) is 38.9 Å². The number of fused-ring (bicyclic) bond motifs is 3. The van der Waals surface area contributed by atoms with Crippen LogP contribution in [0.5, 0.6) is 0 Å². The normalized spacial score (nSPS) is 13.0. The van der Waals surface area contributed by atoms with Crippen LogP contribution >= 0.6 is 0 Å². The van der Waals surface area contributed by atoms with Crippen molar-refractivity contribution in [2.75, 3.05) is 26.2 Å². The van der Waals surface area contributed by atoms with E-state index in [9.17, 15) is 14.4 Å². The van der Waals surface area contributed by atoms with Gasteiger partial charge in [0.05, 0.1) is 0 Å². The molecule has 34 heavy (non-hydrogen) atoms. The van der Waals surface area contributed by atoms with Crippen LogP contribution in [0.15, 0.2) is 48.5 Å². The van der Waals surface area contributed by atoms with Gasteiger partial charge in [0.2, 0.25) is 5.91 Å². The summed E-state index contributed by atoms with van der Waals surface area (Å²) in [4.78, 5) is 37.4. The zero-order chi connectivity index (χ0) is 24.5. The molecule has 1 aliphatic carbocycles. The summed E-state index contributed by atoms with van der Waals surface area (Å²) in [5.41, 5.74) is 4.70. The van der Waals surface area contributed by atoms with Gasteiger partial charge in [-0.1, -0.05) is 55.5 Å². The Morgan fingerprint density at radius 1 is 1.03 bits per heavy atom. The molecule has 2 aromatic rings. The summed E-state index contributed by atoms with van der Waals surface area (Å²) in [5, 5.41) is 11.5. The van der Waals surface area contributed by atoms with Gasteiger partial charge in [-0.05, 0) is 48.4 Å². The van der Waals surface area contributed by atoms with E-state index in [0.717, 1.165) is 0 Å². The van der Waals surface area contributed by atoms with Crippen molar-refractivity contribution in [2.24, 2.45) is 5.92 Å². The molecule has 0 heterocycles. The Bertz CT molecular complexity index is 961. The van der Waals surface area contributed by atoms with Crippen molar-refractivity contribution in [3.8, 4) is 11.1 Å². The van der Waals surface area contributed by atoms with Crippen LogP contribution in [0.25, 0.3) is 11.1 Å². The van der Waals surface area contributed by atoms with Gasteiger partial charge in [-0.15, -0.1) is 0 Å². The van der Waals surface area contributed by atoms with Gasteiger partial charge in [-0.25, -0.2) is 4.79 Å². The van der Waals surface area contributed by atoms with Gasteiger partial charge in [0.15, 0.2) is 0 Å². The van der Waals surface area contributed by atoms with Crippen LogP contribution in [-0.2, 0) is 14.3 Å². The molecule has 182 valence electrons. The Hall–Kier alpha value is -3.35. The van der Waals surface area contributed by atoms with Crippen molar-refractivity contribution in [3.63, 3.8) is 0 Å². The molecule has 0 radical (unpaired) electrons. The number of carbonyl (C=O) groups is 3. The number of carboxylic acids is 1. The average molecular weight is 467 g/mol. The molecule has 7 nitrogen and oxygen atoms in total. The number of amides is 2. The SMILES string of the molecule is CCN(CCCCC(=O)O)C(=O)C(C)CCNC(=O)OCC1c2ccccc2-c2ccccc21. The molecule has 0 aliphatic heterocycles.